The lowest BCUT2D eigenvalue weighted by atomic mass is 10.2. The third kappa shape index (κ3) is 2.06. The number of aliphatic hydroxyl groups excluding tert-OH is 1. The van der Waals surface area contributed by atoms with Crippen LogP contribution >= 0.6 is 0 Å². The molecule has 2 atom stereocenters. The van der Waals surface area contributed by atoms with E-state index >= 15 is 0 Å². The Hall–Kier alpha value is -1.61. The summed E-state index contributed by atoms with van der Waals surface area (Å²) >= 11 is 0. The molecule has 9 heteroatoms. The summed E-state index contributed by atoms with van der Waals surface area (Å²) in [5.41, 5.74) is -2.29. The molecule has 0 amide bonds. The van der Waals surface area contributed by atoms with Gasteiger partial charge in [-0.2, -0.15) is 4.39 Å². The van der Waals surface area contributed by atoms with Gasteiger partial charge < -0.3 is 9.84 Å². The van der Waals surface area contributed by atoms with Crippen LogP contribution in [0, 0.1) is 5.82 Å². The van der Waals surface area contributed by atoms with E-state index < -0.39 is 48.3 Å². The molecule has 2 unspecified atom stereocenters. The van der Waals surface area contributed by atoms with Gasteiger partial charge in [0.2, 0.25) is 5.82 Å². The Balaban J connectivity index is 2.38. The SMILES string of the molecule is O=c1[nH]c(=O)n(C2CC(F)(F)C(CO)O2)cc1F. The maximum absolute atomic E-state index is 13.3. The van der Waals surface area contributed by atoms with E-state index in [4.69, 9.17) is 9.84 Å². The van der Waals surface area contributed by atoms with Gasteiger partial charge in [0.25, 0.3) is 11.5 Å². The lowest BCUT2D eigenvalue weighted by Gasteiger charge is -2.14. The van der Waals surface area contributed by atoms with Crippen molar-refractivity contribution in [3.63, 3.8) is 0 Å². The number of halogens is 3. The maximum Gasteiger partial charge on any atom is 0.330 e. The highest BCUT2D eigenvalue weighted by atomic mass is 19.3. The molecular weight excluding hydrogens is 257 g/mol. The van der Waals surface area contributed by atoms with E-state index in [0.717, 1.165) is 0 Å². The second-order valence-electron chi connectivity index (χ2n) is 3.87. The number of rotatable bonds is 2. The first-order valence-corrected chi connectivity index (χ1v) is 5.00. The molecule has 0 radical (unpaired) electrons. The summed E-state index contributed by atoms with van der Waals surface area (Å²) in [6, 6.07) is 0. The number of aromatic amines is 1. The third-order valence-electron chi connectivity index (χ3n) is 2.64. The fourth-order valence-corrected chi connectivity index (χ4v) is 1.72. The summed E-state index contributed by atoms with van der Waals surface area (Å²) in [4.78, 5) is 23.8. The molecular formula is C9H9F3N2O4. The van der Waals surface area contributed by atoms with Crippen LogP contribution in [0.1, 0.15) is 12.6 Å². The minimum absolute atomic E-state index is 0.502. The molecule has 1 saturated heterocycles. The summed E-state index contributed by atoms with van der Waals surface area (Å²) in [6.45, 7) is -0.927. The van der Waals surface area contributed by atoms with E-state index in [0.29, 0.717) is 10.8 Å². The molecule has 2 heterocycles. The van der Waals surface area contributed by atoms with E-state index in [9.17, 15) is 22.8 Å². The Morgan fingerprint density at radius 2 is 2.22 bits per heavy atom. The average molecular weight is 266 g/mol. The first-order chi connectivity index (χ1) is 8.35. The number of hydrogen-bond donors (Lipinski definition) is 2. The minimum Gasteiger partial charge on any atom is -0.393 e. The zero-order valence-corrected chi connectivity index (χ0v) is 8.90. The molecule has 1 aliphatic heterocycles. The normalized spacial score (nSPS) is 26.4. The molecule has 18 heavy (non-hydrogen) atoms. The predicted molar refractivity (Wildman–Crippen MR) is 51.8 cm³/mol. The molecule has 1 aliphatic rings. The Morgan fingerprint density at radius 3 is 2.78 bits per heavy atom. The molecule has 1 aromatic rings. The standard InChI is InChI=1S/C9H9F3N2O4/c10-4-2-14(8(17)13-7(4)16)6-1-9(11,12)5(3-15)18-6/h2,5-6,15H,1,3H2,(H,13,16,17). The van der Waals surface area contributed by atoms with Crippen molar-refractivity contribution in [2.24, 2.45) is 0 Å². The van der Waals surface area contributed by atoms with Crippen LogP contribution in [0.25, 0.3) is 0 Å². The van der Waals surface area contributed by atoms with Crippen molar-refractivity contribution < 1.29 is 23.0 Å². The van der Waals surface area contributed by atoms with Crippen LogP contribution in [0.3, 0.4) is 0 Å². The zero-order chi connectivity index (χ0) is 13.5. The van der Waals surface area contributed by atoms with Crippen LogP contribution in [0.4, 0.5) is 13.2 Å². The highest BCUT2D eigenvalue weighted by molar-refractivity contribution is 4.93. The fraction of sp³-hybridized carbons (Fsp3) is 0.556. The van der Waals surface area contributed by atoms with Gasteiger partial charge in [0.1, 0.15) is 12.3 Å². The molecule has 0 spiro atoms. The maximum atomic E-state index is 13.3. The summed E-state index contributed by atoms with van der Waals surface area (Å²) in [5, 5.41) is 8.71. The number of aliphatic hydroxyl groups is 1. The molecule has 0 aliphatic carbocycles. The minimum atomic E-state index is -3.33. The number of nitrogens with one attached hydrogen (secondary N) is 1. The summed E-state index contributed by atoms with van der Waals surface area (Å²) < 4.78 is 44.9. The third-order valence-corrected chi connectivity index (χ3v) is 2.64. The molecule has 1 aromatic heterocycles. The first-order valence-electron chi connectivity index (χ1n) is 5.00. The number of hydrogen-bond acceptors (Lipinski definition) is 4. The fourth-order valence-electron chi connectivity index (χ4n) is 1.72. The molecule has 2 N–H and O–H groups in total. The van der Waals surface area contributed by atoms with E-state index in [2.05, 4.69) is 0 Å². The van der Waals surface area contributed by atoms with Crippen LogP contribution in [-0.2, 0) is 4.74 Å². The Kier molecular flexibility index (Phi) is 3.03. The van der Waals surface area contributed by atoms with Crippen LogP contribution in [-0.4, -0.2) is 33.3 Å². The van der Waals surface area contributed by atoms with Crippen LogP contribution < -0.4 is 11.2 Å². The van der Waals surface area contributed by atoms with Gasteiger partial charge >= 0.3 is 5.69 Å². The van der Waals surface area contributed by atoms with Crippen LogP contribution in [0.15, 0.2) is 15.8 Å². The van der Waals surface area contributed by atoms with Gasteiger partial charge in [-0.15, -0.1) is 0 Å². The van der Waals surface area contributed by atoms with E-state index in [-0.39, 0.29) is 0 Å². The average Bonchev–Trinajstić information content (AvgIpc) is 2.58. The van der Waals surface area contributed by atoms with Gasteiger partial charge in [0, 0.05) is 0 Å². The summed E-state index contributed by atoms with van der Waals surface area (Å²) in [7, 11) is 0. The topological polar surface area (TPSA) is 84.3 Å². The van der Waals surface area contributed by atoms with Gasteiger partial charge in [0.05, 0.1) is 19.2 Å². The lowest BCUT2D eigenvalue weighted by molar-refractivity contribution is -0.102. The van der Waals surface area contributed by atoms with E-state index in [1.54, 1.807) is 4.98 Å². The Labute approximate surface area is 97.6 Å². The van der Waals surface area contributed by atoms with Gasteiger partial charge in [-0.05, 0) is 0 Å². The summed E-state index contributed by atoms with van der Waals surface area (Å²) in [6.07, 6.45) is -3.58. The smallest absolute Gasteiger partial charge is 0.330 e. The first kappa shape index (κ1) is 12.8. The number of H-pyrrole nitrogens is 1. The Morgan fingerprint density at radius 1 is 1.56 bits per heavy atom. The van der Waals surface area contributed by atoms with Gasteiger partial charge in [0.15, 0.2) is 0 Å². The van der Waals surface area contributed by atoms with Crippen molar-refractivity contribution >= 4 is 0 Å². The highest BCUT2D eigenvalue weighted by Gasteiger charge is 2.50. The van der Waals surface area contributed by atoms with Crippen LogP contribution in [0.5, 0.6) is 0 Å². The van der Waals surface area contributed by atoms with Crippen molar-refractivity contribution in [3.05, 3.63) is 32.9 Å². The lowest BCUT2D eigenvalue weighted by Crippen LogP contribution is -2.34. The molecule has 0 saturated carbocycles. The second-order valence-corrected chi connectivity index (χ2v) is 3.87. The molecule has 0 bridgehead atoms. The molecule has 1 fully saturated rings. The van der Waals surface area contributed by atoms with Crippen LogP contribution in [0.2, 0.25) is 0 Å². The monoisotopic (exact) mass is 266 g/mol. The zero-order valence-electron chi connectivity index (χ0n) is 8.90. The van der Waals surface area contributed by atoms with E-state index in [1.165, 1.54) is 0 Å². The van der Waals surface area contributed by atoms with Crippen molar-refractivity contribution in [1.82, 2.24) is 9.55 Å². The molecule has 0 aromatic carbocycles. The van der Waals surface area contributed by atoms with Gasteiger partial charge in [-0.1, -0.05) is 0 Å². The quantitative estimate of drug-likeness (QED) is 0.762. The molecule has 6 nitrogen and oxygen atoms in total. The van der Waals surface area contributed by atoms with Crippen molar-refractivity contribution in [2.75, 3.05) is 6.61 Å². The number of alkyl halides is 2. The highest BCUT2D eigenvalue weighted by Crippen LogP contribution is 2.39. The number of ether oxygens (including phenoxy) is 1. The van der Waals surface area contributed by atoms with Crippen molar-refractivity contribution in [2.45, 2.75) is 24.7 Å². The second kappa shape index (κ2) is 4.25. The summed E-state index contributed by atoms with van der Waals surface area (Å²) in [5.74, 6) is -4.61. The van der Waals surface area contributed by atoms with E-state index in [1.807, 2.05) is 0 Å². The molecule has 100 valence electrons. The number of nitrogens with zero attached hydrogens (tertiary/aromatic N) is 1. The largest absolute Gasteiger partial charge is 0.393 e. The van der Waals surface area contributed by atoms with Crippen molar-refractivity contribution in [3.8, 4) is 0 Å². The Bertz CT molecular complexity index is 568. The predicted octanol–water partition coefficient (Wildman–Crippen LogP) is -0.409. The number of aromatic nitrogens is 2. The molecule has 2 rings (SSSR count). The van der Waals surface area contributed by atoms with Crippen molar-refractivity contribution in [1.29, 1.82) is 0 Å². The van der Waals surface area contributed by atoms with Gasteiger partial charge in [-0.3, -0.25) is 14.3 Å². The van der Waals surface area contributed by atoms with Gasteiger partial charge in [-0.25, -0.2) is 13.6 Å².